The average molecular weight is 347 g/mol. The maximum absolute atomic E-state index is 6.30. The monoisotopic (exact) mass is 346 g/mol. The molecule has 2 heterocycles. The number of aromatic nitrogens is 2. The number of rotatable bonds is 3. The lowest BCUT2D eigenvalue weighted by Crippen LogP contribution is -2.26. The molecule has 0 saturated carbocycles. The lowest BCUT2D eigenvalue weighted by Gasteiger charge is -2.23. The van der Waals surface area contributed by atoms with Gasteiger partial charge in [0.2, 0.25) is 5.88 Å². The van der Waals surface area contributed by atoms with Crippen molar-refractivity contribution in [2.24, 2.45) is 0 Å². The van der Waals surface area contributed by atoms with E-state index >= 15 is 0 Å². The first-order valence-electron chi connectivity index (χ1n) is 8.36. The van der Waals surface area contributed by atoms with Gasteiger partial charge in [-0.3, -0.25) is 0 Å². The van der Waals surface area contributed by atoms with Crippen molar-refractivity contribution in [1.82, 2.24) is 9.97 Å². The molecule has 3 rings (SSSR count). The number of hydrogen-bond acceptors (Lipinski definition) is 5. The van der Waals surface area contributed by atoms with Crippen LogP contribution in [0.4, 0.5) is 11.5 Å². The molecule has 2 aromatic rings. The molecule has 2 N–H and O–H groups in total. The van der Waals surface area contributed by atoms with Gasteiger partial charge >= 0.3 is 0 Å². The second kappa shape index (κ2) is 7.26. The lowest BCUT2D eigenvalue weighted by atomic mass is 10.1. The standard InChI is InChI=1S/C18H23ClN4O/c1-12-9-14(10-13(2)15(12)19)24-18-16(20)17(21-11-22-18)23-7-5-3-4-6-8-23/h9-11H,3-8,20H2,1-2H3. The van der Waals surface area contributed by atoms with E-state index in [0.717, 1.165) is 47.9 Å². The number of hydrogen-bond donors (Lipinski definition) is 1. The maximum Gasteiger partial charge on any atom is 0.248 e. The van der Waals surface area contributed by atoms with Crippen LogP contribution in [0.25, 0.3) is 0 Å². The third kappa shape index (κ3) is 3.56. The second-order valence-corrected chi connectivity index (χ2v) is 6.67. The van der Waals surface area contributed by atoms with Crippen LogP contribution in [0.1, 0.15) is 36.8 Å². The van der Waals surface area contributed by atoms with Crippen molar-refractivity contribution in [2.45, 2.75) is 39.5 Å². The molecule has 0 spiro atoms. The van der Waals surface area contributed by atoms with E-state index in [9.17, 15) is 0 Å². The summed E-state index contributed by atoms with van der Waals surface area (Å²) in [5.41, 5.74) is 8.72. The molecule has 0 bridgehead atoms. The lowest BCUT2D eigenvalue weighted by molar-refractivity contribution is 0.463. The van der Waals surface area contributed by atoms with Gasteiger partial charge in [0.1, 0.15) is 17.8 Å². The fraction of sp³-hybridized carbons (Fsp3) is 0.444. The van der Waals surface area contributed by atoms with Crippen LogP contribution in [-0.2, 0) is 0 Å². The Balaban J connectivity index is 1.88. The van der Waals surface area contributed by atoms with Gasteiger partial charge in [-0.15, -0.1) is 0 Å². The normalized spacial score (nSPS) is 15.2. The molecule has 1 fully saturated rings. The van der Waals surface area contributed by atoms with Crippen molar-refractivity contribution in [3.63, 3.8) is 0 Å². The van der Waals surface area contributed by atoms with E-state index in [1.165, 1.54) is 19.2 Å². The van der Waals surface area contributed by atoms with Crippen LogP contribution in [0.2, 0.25) is 5.02 Å². The second-order valence-electron chi connectivity index (χ2n) is 6.29. The van der Waals surface area contributed by atoms with E-state index in [2.05, 4.69) is 14.9 Å². The number of halogens is 1. The molecular formula is C18H23ClN4O. The van der Waals surface area contributed by atoms with Crippen LogP contribution < -0.4 is 15.4 Å². The van der Waals surface area contributed by atoms with Gasteiger partial charge in [-0.05, 0) is 49.9 Å². The zero-order chi connectivity index (χ0) is 17.1. The summed E-state index contributed by atoms with van der Waals surface area (Å²) >= 11 is 6.21. The molecule has 1 aliphatic heterocycles. The van der Waals surface area contributed by atoms with E-state index in [1.54, 1.807) is 0 Å². The molecule has 0 radical (unpaired) electrons. The third-order valence-corrected chi connectivity index (χ3v) is 4.95. The molecule has 1 saturated heterocycles. The van der Waals surface area contributed by atoms with Crippen LogP contribution in [0, 0.1) is 13.8 Å². The minimum atomic E-state index is 0.394. The van der Waals surface area contributed by atoms with Crippen molar-refractivity contribution >= 4 is 23.1 Å². The van der Waals surface area contributed by atoms with Crippen molar-refractivity contribution in [3.05, 3.63) is 34.6 Å². The molecule has 1 aromatic heterocycles. The summed E-state index contributed by atoms with van der Waals surface area (Å²) in [7, 11) is 0. The van der Waals surface area contributed by atoms with E-state index in [4.69, 9.17) is 22.1 Å². The maximum atomic E-state index is 6.30. The van der Waals surface area contributed by atoms with Gasteiger partial charge in [0, 0.05) is 18.1 Å². The van der Waals surface area contributed by atoms with Crippen molar-refractivity contribution < 1.29 is 4.74 Å². The van der Waals surface area contributed by atoms with E-state index < -0.39 is 0 Å². The fourth-order valence-electron chi connectivity index (χ4n) is 3.06. The molecule has 0 aliphatic carbocycles. The topological polar surface area (TPSA) is 64.3 Å². The Morgan fingerprint density at radius 2 is 1.67 bits per heavy atom. The fourth-order valence-corrected chi connectivity index (χ4v) is 3.17. The highest BCUT2D eigenvalue weighted by atomic mass is 35.5. The minimum absolute atomic E-state index is 0.394. The first kappa shape index (κ1) is 16.8. The Kier molecular flexibility index (Phi) is 5.09. The van der Waals surface area contributed by atoms with Crippen molar-refractivity contribution in [3.8, 4) is 11.6 Å². The first-order valence-corrected chi connectivity index (χ1v) is 8.74. The summed E-state index contributed by atoms with van der Waals surface area (Å²) in [4.78, 5) is 10.8. The van der Waals surface area contributed by atoms with Crippen molar-refractivity contribution in [1.29, 1.82) is 0 Å². The van der Waals surface area contributed by atoms with Gasteiger partial charge in [0.25, 0.3) is 0 Å². The number of nitrogen functional groups attached to an aromatic ring is 1. The smallest absolute Gasteiger partial charge is 0.248 e. The highest BCUT2D eigenvalue weighted by Crippen LogP contribution is 2.34. The van der Waals surface area contributed by atoms with Crippen LogP contribution in [0.3, 0.4) is 0 Å². The molecule has 0 unspecified atom stereocenters. The average Bonchev–Trinajstić information content (AvgIpc) is 2.84. The Morgan fingerprint density at radius 1 is 1.04 bits per heavy atom. The predicted octanol–water partition coefficient (Wildman–Crippen LogP) is 4.50. The molecular weight excluding hydrogens is 324 g/mol. The molecule has 1 aliphatic rings. The SMILES string of the molecule is Cc1cc(Oc2ncnc(N3CCCCCC3)c2N)cc(C)c1Cl. The zero-order valence-electron chi connectivity index (χ0n) is 14.2. The molecule has 0 atom stereocenters. The predicted molar refractivity (Wildman–Crippen MR) is 98.1 cm³/mol. The summed E-state index contributed by atoms with van der Waals surface area (Å²) in [5, 5.41) is 0.753. The molecule has 128 valence electrons. The number of nitrogens with zero attached hydrogens (tertiary/aromatic N) is 3. The van der Waals surface area contributed by atoms with Gasteiger partial charge in [-0.25, -0.2) is 4.98 Å². The van der Waals surface area contributed by atoms with Crippen LogP contribution in [0.5, 0.6) is 11.6 Å². The summed E-state index contributed by atoms with van der Waals surface area (Å²) < 4.78 is 5.93. The van der Waals surface area contributed by atoms with Gasteiger partial charge in [-0.1, -0.05) is 24.4 Å². The Hall–Kier alpha value is -2.01. The number of anilines is 2. The van der Waals surface area contributed by atoms with E-state index in [1.807, 2.05) is 26.0 Å². The van der Waals surface area contributed by atoms with Crippen LogP contribution in [0.15, 0.2) is 18.5 Å². The highest BCUT2D eigenvalue weighted by Gasteiger charge is 2.18. The summed E-state index contributed by atoms with van der Waals surface area (Å²) in [6.07, 6.45) is 6.36. The molecule has 5 nitrogen and oxygen atoms in total. The van der Waals surface area contributed by atoms with Gasteiger partial charge in [0.15, 0.2) is 5.82 Å². The van der Waals surface area contributed by atoms with Gasteiger partial charge in [0.05, 0.1) is 0 Å². The number of ether oxygens (including phenoxy) is 1. The number of aryl methyl sites for hydroxylation is 2. The van der Waals surface area contributed by atoms with E-state index in [0.29, 0.717) is 17.3 Å². The third-order valence-electron chi connectivity index (χ3n) is 4.36. The Bertz CT molecular complexity index is 704. The van der Waals surface area contributed by atoms with E-state index in [-0.39, 0.29) is 0 Å². The van der Waals surface area contributed by atoms with Gasteiger partial charge in [-0.2, -0.15) is 4.98 Å². The Morgan fingerprint density at radius 3 is 2.29 bits per heavy atom. The first-order chi connectivity index (χ1) is 11.6. The summed E-state index contributed by atoms with van der Waals surface area (Å²) in [5.74, 6) is 1.84. The summed E-state index contributed by atoms with van der Waals surface area (Å²) in [6.45, 7) is 5.85. The van der Waals surface area contributed by atoms with Crippen LogP contribution >= 0.6 is 11.6 Å². The molecule has 0 amide bonds. The number of benzene rings is 1. The van der Waals surface area contributed by atoms with Crippen LogP contribution in [-0.4, -0.2) is 23.1 Å². The van der Waals surface area contributed by atoms with Crippen molar-refractivity contribution in [2.75, 3.05) is 23.7 Å². The minimum Gasteiger partial charge on any atom is -0.437 e. The Labute approximate surface area is 147 Å². The molecule has 24 heavy (non-hydrogen) atoms. The van der Waals surface area contributed by atoms with Gasteiger partial charge < -0.3 is 15.4 Å². The zero-order valence-corrected chi connectivity index (χ0v) is 14.9. The largest absolute Gasteiger partial charge is 0.437 e. The summed E-state index contributed by atoms with van der Waals surface area (Å²) in [6, 6.07) is 3.78. The molecule has 6 heteroatoms. The molecule has 1 aromatic carbocycles. The quantitative estimate of drug-likeness (QED) is 0.886. The number of nitrogens with two attached hydrogens (primary N) is 1. The highest BCUT2D eigenvalue weighted by molar-refractivity contribution is 6.32.